The van der Waals surface area contributed by atoms with E-state index in [1.54, 1.807) is 49.4 Å². The fourth-order valence-corrected chi connectivity index (χ4v) is 5.11. The topological polar surface area (TPSA) is 75.7 Å². The minimum Gasteiger partial charge on any atom is -0.487 e. The number of ether oxygens (including phenoxy) is 1. The lowest BCUT2D eigenvalue weighted by Gasteiger charge is -2.28. The lowest BCUT2D eigenvalue weighted by atomic mass is 10.0. The summed E-state index contributed by atoms with van der Waals surface area (Å²) in [6.45, 7) is 1.91. The second-order valence-electron chi connectivity index (χ2n) is 7.56. The van der Waals surface area contributed by atoms with Crippen molar-refractivity contribution in [1.82, 2.24) is 5.32 Å². The first-order chi connectivity index (χ1) is 16.7. The van der Waals surface area contributed by atoms with Gasteiger partial charge in [0.05, 0.1) is 10.2 Å². The molecule has 3 aromatic rings. The molecule has 10 heteroatoms. The van der Waals surface area contributed by atoms with Crippen molar-refractivity contribution in [3.05, 3.63) is 95.9 Å². The van der Waals surface area contributed by atoms with E-state index in [4.69, 9.17) is 27.9 Å². The van der Waals surface area contributed by atoms with Crippen molar-refractivity contribution in [3.8, 4) is 5.75 Å². The van der Waals surface area contributed by atoms with Gasteiger partial charge in [-0.1, -0.05) is 57.3 Å². The molecule has 1 N–H and O–H groups in total. The van der Waals surface area contributed by atoms with E-state index in [-0.39, 0.29) is 17.9 Å². The summed E-state index contributed by atoms with van der Waals surface area (Å²) in [6, 6.07) is 14.7. The molecule has 0 unspecified atom stereocenters. The highest BCUT2D eigenvalue weighted by Crippen LogP contribution is 2.36. The van der Waals surface area contributed by atoms with Crippen LogP contribution in [0.4, 0.5) is 10.5 Å². The van der Waals surface area contributed by atoms with Gasteiger partial charge in [-0.3, -0.25) is 14.9 Å². The first kappa shape index (κ1) is 25.4. The first-order valence-electron chi connectivity index (χ1n) is 10.2. The van der Waals surface area contributed by atoms with Gasteiger partial charge < -0.3 is 4.74 Å². The quantitative estimate of drug-likeness (QED) is 0.240. The van der Waals surface area contributed by atoms with Gasteiger partial charge in [-0.05, 0) is 76.5 Å². The van der Waals surface area contributed by atoms with Gasteiger partial charge in [-0.25, -0.2) is 9.69 Å². The minimum atomic E-state index is -0.850. The second-order valence-corrected chi connectivity index (χ2v) is 10.2. The molecule has 3 aromatic carbocycles. The highest BCUT2D eigenvalue weighted by molar-refractivity contribution is 9.11. The largest absolute Gasteiger partial charge is 0.487 e. The summed E-state index contributed by atoms with van der Waals surface area (Å²) in [5, 5.41) is 3.23. The van der Waals surface area contributed by atoms with E-state index in [0.29, 0.717) is 35.9 Å². The number of barbiturate groups is 1. The van der Waals surface area contributed by atoms with Gasteiger partial charge in [0, 0.05) is 20.1 Å². The Morgan fingerprint density at radius 2 is 1.74 bits per heavy atom. The number of carbonyl (C=O) groups excluding carboxylic acids is 3. The number of amides is 4. The molecule has 1 heterocycles. The zero-order valence-corrected chi connectivity index (χ0v) is 22.8. The van der Waals surface area contributed by atoms with E-state index in [9.17, 15) is 14.4 Å². The van der Waals surface area contributed by atoms with Crippen LogP contribution in [0.2, 0.25) is 10.0 Å². The third-order valence-electron chi connectivity index (χ3n) is 5.22. The Morgan fingerprint density at radius 3 is 2.46 bits per heavy atom. The summed E-state index contributed by atoms with van der Waals surface area (Å²) in [5.74, 6) is -1.17. The molecule has 1 aliphatic rings. The molecule has 0 aromatic heterocycles. The molecule has 6 nitrogen and oxygen atoms in total. The molecule has 4 amide bonds. The number of nitrogens with one attached hydrogen (secondary N) is 1. The van der Waals surface area contributed by atoms with Crippen molar-refractivity contribution in [1.29, 1.82) is 0 Å². The Morgan fingerprint density at radius 1 is 1.03 bits per heavy atom. The number of anilines is 1. The highest BCUT2D eigenvalue weighted by atomic mass is 79.9. The average molecular weight is 639 g/mol. The van der Waals surface area contributed by atoms with Gasteiger partial charge in [0.1, 0.15) is 17.9 Å². The van der Waals surface area contributed by atoms with Crippen LogP contribution >= 0.6 is 55.1 Å². The molecule has 1 fully saturated rings. The van der Waals surface area contributed by atoms with Crippen LogP contribution in [0.25, 0.3) is 6.08 Å². The van der Waals surface area contributed by atoms with Crippen molar-refractivity contribution < 1.29 is 19.1 Å². The average Bonchev–Trinajstić information content (AvgIpc) is 2.79. The van der Waals surface area contributed by atoms with Crippen molar-refractivity contribution in [2.75, 3.05) is 4.90 Å². The maximum atomic E-state index is 13.4. The van der Waals surface area contributed by atoms with E-state index < -0.39 is 17.8 Å². The third kappa shape index (κ3) is 5.46. The van der Waals surface area contributed by atoms with E-state index in [1.165, 1.54) is 6.08 Å². The van der Waals surface area contributed by atoms with Crippen LogP contribution in [0.15, 0.2) is 69.1 Å². The number of halogens is 4. The van der Waals surface area contributed by atoms with E-state index >= 15 is 0 Å². The zero-order chi connectivity index (χ0) is 25.3. The predicted molar refractivity (Wildman–Crippen MR) is 143 cm³/mol. The molecule has 0 spiro atoms. The standard InChI is InChI=1S/C25H16Br2Cl2N2O4/c1-13-20(29)3-2-4-21(13)31-24(33)18(23(32)30-25(31)34)10-15-9-16(26)11-19(27)22(15)35-12-14-5-7-17(28)8-6-14/h2-11H,12H2,1H3,(H,30,32,34)/b18-10+. The lowest BCUT2D eigenvalue weighted by molar-refractivity contribution is -0.122. The summed E-state index contributed by atoms with van der Waals surface area (Å²) in [7, 11) is 0. The summed E-state index contributed by atoms with van der Waals surface area (Å²) < 4.78 is 7.33. The minimum absolute atomic E-state index is 0.222. The molecule has 1 saturated heterocycles. The summed E-state index contributed by atoms with van der Waals surface area (Å²) >= 11 is 19.0. The van der Waals surface area contributed by atoms with Gasteiger partial charge in [-0.15, -0.1) is 0 Å². The third-order valence-corrected chi connectivity index (χ3v) is 6.92. The lowest BCUT2D eigenvalue weighted by Crippen LogP contribution is -2.54. The van der Waals surface area contributed by atoms with Crippen LogP contribution in [0.5, 0.6) is 5.75 Å². The second kappa shape index (κ2) is 10.5. The van der Waals surface area contributed by atoms with Crippen LogP contribution in [0.3, 0.4) is 0 Å². The number of urea groups is 1. The highest BCUT2D eigenvalue weighted by Gasteiger charge is 2.38. The molecule has 35 heavy (non-hydrogen) atoms. The molecule has 178 valence electrons. The summed E-state index contributed by atoms with van der Waals surface area (Å²) in [4.78, 5) is 39.5. The molecule has 4 rings (SSSR count). The monoisotopic (exact) mass is 636 g/mol. The van der Waals surface area contributed by atoms with Crippen LogP contribution in [-0.4, -0.2) is 17.8 Å². The van der Waals surface area contributed by atoms with Gasteiger partial charge >= 0.3 is 6.03 Å². The zero-order valence-electron chi connectivity index (χ0n) is 18.1. The number of hydrogen-bond acceptors (Lipinski definition) is 4. The molecule has 0 aliphatic carbocycles. The molecular weight excluding hydrogens is 623 g/mol. The number of imide groups is 2. The maximum Gasteiger partial charge on any atom is 0.335 e. The Balaban J connectivity index is 1.73. The fourth-order valence-electron chi connectivity index (χ4n) is 3.45. The normalized spacial score (nSPS) is 14.9. The Bertz CT molecular complexity index is 1390. The predicted octanol–water partition coefficient (Wildman–Crippen LogP) is 7.07. The fraction of sp³-hybridized carbons (Fsp3) is 0.0800. The van der Waals surface area contributed by atoms with Gasteiger partial charge in [0.25, 0.3) is 11.8 Å². The van der Waals surface area contributed by atoms with Crippen molar-refractivity contribution in [2.45, 2.75) is 13.5 Å². The van der Waals surface area contributed by atoms with E-state index in [0.717, 1.165) is 10.5 Å². The van der Waals surface area contributed by atoms with Crippen LogP contribution in [0.1, 0.15) is 16.7 Å². The summed E-state index contributed by atoms with van der Waals surface area (Å²) in [6.07, 6.45) is 1.39. The van der Waals surface area contributed by atoms with Crippen molar-refractivity contribution in [3.63, 3.8) is 0 Å². The van der Waals surface area contributed by atoms with Gasteiger partial charge in [0.2, 0.25) is 0 Å². The molecule has 0 bridgehead atoms. The Labute approximate surface area is 228 Å². The van der Waals surface area contributed by atoms with Crippen molar-refractivity contribution in [2.24, 2.45) is 0 Å². The van der Waals surface area contributed by atoms with Crippen LogP contribution < -0.4 is 15.0 Å². The molecular formula is C25H16Br2Cl2N2O4. The number of hydrogen-bond donors (Lipinski definition) is 1. The first-order valence-corrected chi connectivity index (χ1v) is 12.5. The number of nitrogens with zero attached hydrogens (tertiary/aromatic N) is 1. The summed E-state index contributed by atoms with van der Waals surface area (Å²) in [5.41, 5.74) is 1.92. The van der Waals surface area contributed by atoms with Gasteiger partial charge in [-0.2, -0.15) is 0 Å². The van der Waals surface area contributed by atoms with Crippen LogP contribution in [-0.2, 0) is 16.2 Å². The molecule has 0 atom stereocenters. The van der Waals surface area contributed by atoms with E-state index in [1.807, 2.05) is 12.1 Å². The van der Waals surface area contributed by atoms with Gasteiger partial charge in [0.15, 0.2) is 0 Å². The Kier molecular flexibility index (Phi) is 7.66. The smallest absolute Gasteiger partial charge is 0.335 e. The maximum absolute atomic E-state index is 13.4. The SMILES string of the molecule is Cc1c(Cl)cccc1N1C(=O)NC(=O)/C(=C\c2cc(Br)cc(Br)c2OCc2ccc(Cl)cc2)C1=O. The molecule has 1 aliphatic heterocycles. The van der Waals surface area contributed by atoms with E-state index in [2.05, 4.69) is 37.2 Å². The molecule has 0 saturated carbocycles. The number of rotatable bonds is 5. The molecule has 0 radical (unpaired) electrons. The number of carbonyl (C=O) groups is 3. The van der Waals surface area contributed by atoms with Crippen LogP contribution in [0, 0.1) is 6.92 Å². The van der Waals surface area contributed by atoms with Crippen molar-refractivity contribution >= 4 is 84.7 Å². The Hall–Kier alpha value is -2.65. The number of benzene rings is 3.